The fourth-order valence-electron chi connectivity index (χ4n) is 2.29. The Kier molecular flexibility index (Phi) is 2.96. The van der Waals surface area contributed by atoms with Crippen LogP contribution in [0, 0.1) is 0 Å². The van der Waals surface area contributed by atoms with E-state index in [1.165, 1.54) is 22.8 Å². The van der Waals surface area contributed by atoms with Gasteiger partial charge in [0.25, 0.3) is 0 Å². The Bertz CT molecular complexity index is 545. The van der Waals surface area contributed by atoms with Crippen molar-refractivity contribution in [2.75, 3.05) is 0 Å². The van der Waals surface area contributed by atoms with Gasteiger partial charge in [0, 0.05) is 0 Å². The minimum absolute atomic E-state index is 0.111. The third-order valence-electron chi connectivity index (χ3n) is 3.20. The number of hydrogen-bond donors (Lipinski definition) is 0. The van der Waals surface area contributed by atoms with Gasteiger partial charge in [-0.25, -0.2) is 0 Å². The molecule has 0 aliphatic heterocycles. The Balaban J connectivity index is 2.00. The van der Waals surface area contributed by atoms with Crippen LogP contribution in [0.4, 0.5) is 0 Å². The Morgan fingerprint density at radius 1 is 1.12 bits per heavy atom. The van der Waals surface area contributed by atoms with Crippen molar-refractivity contribution in [1.29, 1.82) is 0 Å². The Morgan fingerprint density at radius 3 is 2.71 bits per heavy atom. The molecule has 3 heteroatoms. The third kappa shape index (κ3) is 2.01. The van der Waals surface area contributed by atoms with Crippen LogP contribution < -0.4 is 0 Å². The van der Waals surface area contributed by atoms with E-state index in [4.69, 9.17) is 0 Å². The van der Waals surface area contributed by atoms with Gasteiger partial charge in [-0.1, -0.05) is 0 Å². The first-order chi connectivity index (χ1) is 8.36. The van der Waals surface area contributed by atoms with E-state index in [-0.39, 0.29) is 20.5 Å². The average molecular weight is 290 g/mol. The van der Waals surface area contributed by atoms with Gasteiger partial charge in [-0.3, -0.25) is 0 Å². The molecule has 0 unspecified atom stereocenters. The number of hydrogen-bond acceptors (Lipinski definition) is 2. The van der Waals surface area contributed by atoms with Crippen LogP contribution in [0.3, 0.4) is 0 Å². The average Bonchev–Trinajstić information content (AvgIpc) is 2.83. The van der Waals surface area contributed by atoms with Gasteiger partial charge < -0.3 is 0 Å². The predicted molar refractivity (Wildman–Crippen MR) is 67.7 cm³/mol. The topological polar surface area (TPSA) is 30.0 Å². The van der Waals surface area contributed by atoms with Crippen molar-refractivity contribution in [3.63, 3.8) is 0 Å². The molecular formula is C14H13NOSe. The number of carbonyl (C=O) groups is 1. The third-order valence-corrected chi connectivity index (χ3v) is 5.18. The molecule has 1 aromatic carbocycles. The number of ketones is 1. The number of aromatic nitrogens is 1. The molecule has 2 nitrogen and oxygen atoms in total. The molecule has 1 aromatic heterocycles. The van der Waals surface area contributed by atoms with E-state index in [0.29, 0.717) is 0 Å². The van der Waals surface area contributed by atoms with E-state index < -0.39 is 0 Å². The molecule has 0 atom stereocenters. The van der Waals surface area contributed by atoms with Gasteiger partial charge in [0.2, 0.25) is 0 Å². The molecule has 0 spiro atoms. The standard InChI is InChI=1S/C14H13NOSe/c16-14(10-6-2-1-3-7-10)13-11-8-4-5-9-12(11)17-15-13/h1-3,6-7H,4-5,8-9H2. The van der Waals surface area contributed by atoms with Crippen molar-refractivity contribution in [2.24, 2.45) is 0 Å². The fourth-order valence-corrected chi connectivity index (χ4v) is 4.26. The fraction of sp³-hybridized carbons (Fsp3) is 0.286. The van der Waals surface area contributed by atoms with Gasteiger partial charge >= 0.3 is 107 Å². The zero-order valence-corrected chi connectivity index (χ0v) is 11.2. The summed E-state index contributed by atoms with van der Waals surface area (Å²) in [7, 11) is 0. The van der Waals surface area contributed by atoms with Crippen LogP contribution in [0.25, 0.3) is 0 Å². The van der Waals surface area contributed by atoms with Crippen LogP contribution in [0.5, 0.6) is 0 Å². The van der Waals surface area contributed by atoms with Crippen LogP contribution in [-0.4, -0.2) is 24.5 Å². The van der Waals surface area contributed by atoms with Crippen LogP contribution in [0.1, 0.15) is 38.9 Å². The zero-order chi connectivity index (χ0) is 11.7. The summed E-state index contributed by atoms with van der Waals surface area (Å²) in [5.74, 6) is 0.111. The van der Waals surface area contributed by atoms with Gasteiger partial charge in [-0.05, 0) is 0 Å². The number of fused-ring (bicyclic) bond motifs is 1. The van der Waals surface area contributed by atoms with Crippen LogP contribution in [-0.2, 0) is 12.8 Å². The van der Waals surface area contributed by atoms with Crippen molar-refractivity contribution in [2.45, 2.75) is 25.7 Å². The maximum atomic E-state index is 12.3. The van der Waals surface area contributed by atoms with Crippen LogP contribution >= 0.6 is 0 Å². The summed E-state index contributed by atoms with van der Waals surface area (Å²) in [5.41, 5.74) is 2.79. The quantitative estimate of drug-likeness (QED) is 0.627. The van der Waals surface area contributed by atoms with Gasteiger partial charge in [-0.2, -0.15) is 0 Å². The van der Waals surface area contributed by atoms with Crippen molar-refractivity contribution in [3.05, 3.63) is 51.6 Å². The molecule has 1 heterocycles. The van der Waals surface area contributed by atoms with E-state index in [1.54, 1.807) is 0 Å². The summed E-state index contributed by atoms with van der Waals surface area (Å²) in [6, 6.07) is 9.50. The second-order valence-electron chi connectivity index (χ2n) is 4.34. The first-order valence-electron chi connectivity index (χ1n) is 5.93. The second-order valence-corrected chi connectivity index (χ2v) is 6.14. The molecule has 1 aliphatic rings. The van der Waals surface area contributed by atoms with Crippen LogP contribution in [0.15, 0.2) is 30.3 Å². The van der Waals surface area contributed by atoms with Gasteiger partial charge in [0.1, 0.15) is 0 Å². The number of carbonyl (C=O) groups excluding carboxylic acids is 1. The predicted octanol–water partition coefficient (Wildman–Crippen LogP) is 2.25. The molecule has 2 aromatic rings. The Hall–Kier alpha value is -1.18. The van der Waals surface area contributed by atoms with Crippen LogP contribution in [0.2, 0.25) is 0 Å². The summed E-state index contributed by atoms with van der Waals surface area (Å²) >= 11 is 0.190. The van der Waals surface area contributed by atoms with E-state index in [2.05, 4.69) is 3.98 Å². The second kappa shape index (κ2) is 4.59. The number of nitrogens with zero attached hydrogens (tertiary/aromatic N) is 1. The van der Waals surface area contributed by atoms with E-state index in [9.17, 15) is 4.79 Å². The molecule has 0 amide bonds. The molecule has 1 aliphatic carbocycles. The molecule has 3 rings (SSSR count). The number of aryl methyl sites for hydroxylation is 1. The minimum atomic E-state index is 0.111. The van der Waals surface area contributed by atoms with Gasteiger partial charge in [-0.15, -0.1) is 0 Å². The molecule has 0 saturated heterocycles. The van der Waals surface area contributed by atoms with Gasteiger partial charge in [0.05, 0.1) is 0 Å². The molecule has 0 fully saturated rings. The van der Waals surface area contributed by atoms with Crippen molar-refractivity contribution in [1.82, 2.24) is 3.98 Å². The molecule has 0 N–H and O–H groups in total. The molecule has 0 bridgehead atoms. The molecule has 86 valence electrons. The number of rotatable bonds is 2. The zero-order valence-electron chi connectivity index (χ0n) is 9.48. The molecule has 0 radical (unpaired) electrons. The van der Waals surface area contributed by atoms with Gasteiger partial charge in [0.15, 0.2) is 0 Å². The van der Waals surface area contributed by atoms with E-state index in [1.807, 2.05) is 30.3 Å². The van der Waals surface area contributed by atoms with E-state index in [0.717, 1.165) is 24.1 Å². The number of benzene rings is 1. The summed E-state index contributed by atoms with van der Waals surface area (Å²) in [4.78, 5) is 12.3. The van der Waals surface area contributed by atoms with Crippen molar-refractivity contribution >= 4 is 20.5 Å². The maximum absolute atomic E-state index is 12.3. The Morgan fingerprint density at radius 2 is 1.88 bits per heavy atom. The first-order valence-corrected chi connectivity index (χ1v) is 7.55. The normalized spacial score (nSPS) is 14.4. The summed E-state index contributed by atoms with van der Waals surface area (Å²) < 4.78 is 5.97. The Labute approximate surface area is 107 Å². The summed E-state index contributed by atoms with van der Waals surface area (Å²) in [6.07, 6.45) is 4.68. The molecule has 0 saturated carbocycles. The SMILES string of the molecule is O=C(c1ccccc1)c1n[se]c2c1CCCC2. The summed E-state index contributed by atoms with van der Waals surface area (Å²) in [5, 5.41) is 0. The molecular weight excluding hydrogens is 277 g/mol. The monoisotopic (exact) mass is 291 g/mol. The first kappa shape index (κ1) is 10.9. The van der Waals surface area contributed by atoms with E-state index >= 15 is 0 Å². The van der Waals surface area contributed by atoms with Crippen molar-refractivity contribution < 1.29 is 4.79 Å². The van der Waals surface area contributed by atoms with Crippen molar-refractivity contribution in [3.8, 4) is 0 Å². The summed E-state index contributed by atoms with van der Waals surface area (Å²) in [6.45, 7) is 0. The molecule has 17 heavy (non-hydrogen) atoms.